The van der Waals surface area contributed by atoms with Crippen molar-refractivity contribution in [2.75, 3.05) is 17.6 Å². The number of hydrogen-bond donors (Lipinski definition) is 2. The Labute approximate surface area is 174 Å². The van der Waals surface area contributed by atoms with Crippen molar-refractivity contribution in [3.05, 3.63) is 72.3 Å². The molecular weight excluding hydrogens is 371 g/mol. The zero-order valence-corrected chi connectivity index (χ0v) is 18.3. The summed E-state index contributed by atoms with van der Waals surface area (Å²) in [5.41, 5.74) is 7.97. The molecule has 0 atom stereocenters. The molecule has 2 N–H and O–H groups in total. The average Bonchev–Trinajstić information content (AvgIpc) is 2.71. The largest absolute Gasteiger partial charge is 0.497 e. The molecule has 3 aromatic carbocycles. The topological polar surface area (TPSA) is 33.3 Å². The van der Waals surface area contributed by atoms with Crippen LogP contribution in [0.1, 0.15) is 5.56 Å². The van der Waals surface area contributed by atoms with E-state index in [0.717, 1.165) is 28.2 Å². The predicted octanol–water partition coefficient (Wildman–Crippen LogP) is 5.68. The summed E-state index contributed by atoms with van der Waals surface area (Å²) in [6.07, 6.45) is 2.05. The molecule has 0 spiro atoms. The molecule has 1 aliphatic rings. The second-order valence-corrected chi connectivity index (χ2v) is 13.0. The molecule has 0 radical (unpaired) electrons. The van der Waals surface area contributed by atoms with Crippen LogP contribution in [0, 0.1) is 11.5 Å². The maximum absolute atomic E-state index is 5.33. The van der Waals surface area contributed by atoms with Crippen LogP contribution in [0.2, 0.25) is 19.6 Å². The van der Waals surface area contributed by atoms with E-state index in [1.165, 1.54) is 10.8 Å². The van der Waals surface area contributed by atoms with Gasteiger partial charge in [0.05, 0.1) is 7.11 Å². The van der Waals surface area contributed by atoms with Gasteiger partial charge in [0.15, 0.2) is 0 Å². The van der Waals surface area contributed by atoms with Gasteiger partial charge in [-0.25, -0.2) is 0 Å². The summed E-state index contributed by atoms with van der Waals surface area (Å²) in [5.74, 6) is 4.19. The summed E-state index contributed by atoms with van der Waals surface area (Å²) in [7, 11) is 0.235. The minimum Gasteiger partial charge on any atom is -0.497 e. The molecular formula is C24H25BN2OSi. The lowest BCUT2D eigenvalue weighted by atomic mass is 9.62. The van der Waals surface area contributed by atoms with Crippen LogP contribution in [0.15, 0.2) is 66.7 Å². The van der Waals surface area contributed by atoms with E-state index in [2.05, 4.69) is 96.2 Å². The first kappa shape index (κ1) is 19.2. The van der Waals surface area contributed by atoms with Gasteiger partial charge in [0.25, 0.3) is 0 Å². The standard InChI is InChI=1S/C24H25BN2OSi/c1-28-20-15-13-18(14-16-20)21(10-7-17-29(2,3)4)25-26-22-11-5-8-19-9-6-12-23(27-25)24(19)22/h5-6,8-16,26-27H,1-4H3/b21-10+. The van der Waals surface area contributed by atoms with Crippen LogP contribution in [0.5, 0.6) is 5.75 Å². The van der Waals surface area contributed by atoms with Crippen molar-refractivity contribution in [3.8, 4) is 17.2 Å². The Kier molecular flexibility index (Phi) is 5.12. The number of anilines is 2. The number of ether oxygens (including phenoxy) is 1. The summed E-state index contributed by atoms with van der Waals surface area (Å²) in [6.45, 7) is 6.71. The molecule has 29 heavy (non-hydrogen) atoms. The summed E-state index contributed by atoms with van der Waals surface area (Å²) in [4.78, 5) is 0. The van der Waals surface area contributed by atoms with E-state index in [9.17, 15) is 0 Å². The van der Waals surface area contributed by atoms with Crippen molar-refractivity contribution in [2.24, 2.45) is 0 Å². The van der Waals surface area contributed by atoms with E-state index >= 15 is 0 Å². The molecule has 1 aliphatic heterocycles. The second kappa shape index (κ2) is 7.73. The van der Waals surface area contributed by atoms with Crippen molar-refractivity contribution < 1.29 is 4.74 Å². The van der Waals surface area contributed by atoms with Crippen molar-refractivity contribution in [1.29, 1.82) is 0 Å². The van der Waals surface area contributed by atoms with Gasteiger partial charge in [-0.15, -0.1) is 5.54 Å². The minimum atomic E-state index is -1.45. The highest BCUT2D eigenvalue weighted by Crippen LogP contribution is 2.36. The maximum atomic E-state index is 5.33. The molecule has 1 heterocycles. The van der Waals surface area contributed by atoms with E-state index in [1.807, 2.05) is 12.1 Å². The third-order valence-corrected chi connectivity index (χ3v) is 5.81. The minimum absolute atomic E-state index is 0.0696. The number of hydrogen-bond acceptors (Lipinski definition) is 3. The van der Waals surface area contributed by atoms with Crippen LogP contribution in [0.3, 0.4) is 0 Å². The van der Waals surface area contributed by atoms with Gasteiger partial charge in [0.1, 0.15) is 13.8 Å². The van der Waals surface area contributed by atoms with Crippen LogP contribution in [0.4, 0.5) is 11.4 Å². The lowest BCUT2D eigenvalue weighted by Crippen LogP contribution is -2.38. The van der Waals surface area contributed by atoms with Gasteiger partial charge in [-0.3, -0.25) is 0 Å². The van der Waals surface area contributed by atoms with Crippen molar-refractivity contribution >= 4 is 42.7 Å². The molecule has 0 bridgehead atoms. The molecule has 0 saturated heterocycles. The number of rotatable bonds is 3. The lowest BCUT2D eigenvalue weighted by Gasteiger charge is -2.28. The average molecular weight is 396 g/mol. The highest BCUT2D eigenvalue weighted by atomic mass is 28.3. The molecule has 0 amide bonds. The molecule has 5 heteroatoms. The van der Waals surface area contributed by atoms with E-state index < -0.39 is 8.07 Å². The maximum Gasteiger partial charge on any atom is 0.407 e. The SMILES string of the molecule is COc1ccc(/C(=C\C#C[Si](C)(C)C)B2Nc3cccc4cccc(c34)N2)cc1. The monoisotopic (exact) mass is 396 g/mol. The molecule has 3 aromatic rings. The predicted molar refractivity (Wildman–Crippen MR) is 129 cm³/mol. The van der Waals surface area contributed by atoms with Gasteiger partial charge in [0.2, 0.25) is 0 Å². The van der Waals surface area contributed by atoms with Gasteiger partial charge < -0.3 is 15.2 Å². The highest BCUT2D eigenvalue weighted by Gasteiger charge is 2.28. The molecule has 0 unspecified atom stereocenters. The lowest BCUT2D eigenvalue weighted by molar-refractivity contribution is 0.415. The summed E-state index contributed by atoms with van der Waals surface area (Å²) >= 11 is 0. The number of nitrogens with one attached hydrogen (secondary N) is 2. The van der Waals surface area contributed by atoms with Crippen LogP contribution >= 0.6 is 0 Å². The molecule has 3 nitrogen and oxygen atoms in total. The molecule has 0 aromatic heterocycles. The molecule has 0 fully saturated rings. The first-order valence-electron chi connectivity index (χ1n) is 9.87. The van der Waals surface area contributed by atoms with Gasteiger partial charge in [-0.05, 0) is 46.8 Å². The van der Waals surface area contributed by atoms with Gasteiger partial charge in [-0.2, -0.15) is 0 Å². The fourth-order valence-corrected chi connectivity index (χ4v) is 4.04. The summed E-state index contributed by atoms with van der Waals surface area (Å²) in [6, 6.07) is 20.9. The number of benzene rings is 3. The van der Waals surface area contributed by atoms with Crippen LogP contribution in [-0.2, 0) is 0 Å². The first-order chi connectivity index (χ1) is 13.9. The third-order valence-electron chi connectivity index (χ3n) is 4.91. The van der Waals surface area contributed by atoms with Crippen LogP contribution < -0.4 is 15.2 Å². The highest BCUT2D eigenvalue weighted by molar-refractivity contribution is 6.85. The molecule has 4 rings (SSSR count). The fraction of sp³-hybridized carbons (Fsp3) is 0.167. The number of allylic oxidation sites excluding steroid dienone is 1. The van der Waals surface area contributed by atoms with E-state index in [4.69, 9.17) is 4.74 Å². The smallest absolute Gasteiger partial charge is 0.407 e. The van der Waals surface area contributed by atoms with Crippen molar-refractivity contribution in [3.63, 3.8) is 0 Å². The zero-order valence-electron chi connectivity index (χ0n) is 17.3. The second-order valence-electron chi connectivity index (χ2n) is 8.28. The van der Waals surface area contributed by atoms with Gasteiger partial charge in [0, 0.05) is 16.8 Å². The van der Waals surface area contributed by atoms with Crippen molar-refractivity contribution in [1.82, 2.24) is 0 Å². The quantitative estimate of drug-likeness (QED) is 0.442. The first-order valence-corrected chi connectivity index (χ1v) is 13.4. The third kappa shape index (κ3) is 4.18. The van der Waals surface area contributed by atoms with Crippen molar-refractivity contribution in [2.45, 2.75) is 19.6 Å². The van der Waals surface area contributed by atoms with Gasteiger partial charge in [-0.1, -0.05) is 62.0 Å². The van der Waals surface area contributed by atoms with E-state index in [-0.39, 0.29) is 6.98 Å². The fourth-order valence-electron chi connectivity index (χ4n) is 3.53. The Morgan fingerprint density at radius 3 is 2.10 bits per heavy atom. The van der Waals surface area contributed by atoms with Crippen LogP contribution in [-0.4, -0.2) is 22.2 Å². The Balaban J connectivity index is 1.77. The Morgan fingerprint density at radius 2 is 1.55 bits per heavy atom. The Bertz CT molecular complexity index is 1100. The van der Waals surface area contributed by atoms with E-state index in [0.29, 0.717) is 0 Å². The normalized spacial score (nSPS) is 13.2. The molecule has 0 aliphatic carbocycles. The summed E-state index contributed by atoms with van der Waals surface area (Å²) < 4.78 is 5.33. The van der Waals surface area contributed by atoms with E-state index in [1.54, 1.807) is 7.11 Å². The van der Waals surface area contributed by atoms with Gasteiger partial charge >= 0.3 is 6.98 Å². The number of methoxy groups -OCH3 is 1. The van der Waals surface area contributed by atoms with Crippen LogP contribution in [0.25, 0.3) is 16.2 Å². The molecule has 144 valence electrons. The zero-order chi connectivity index (χ0) is 20.4. The Morgan fingerprint density at radius 1 is 0.931 bits per heavy atom. The molecule has 0 saturated carbocycles. The summed E-state index contributed by atoms with van der Waals surface area (Å²) in [5, 5.41) is 9.80. The Hall–Kier alpha value is -3.10.